The zero-order valence-electron chi connectivity index (χ0n) is 11.1. The summed E-state index contributed by atoms with van der Waals surface area (Å²) in [5.74, 6) is 0.776. The molecule has 0 aromatic rings. The summed E-state index contributed by atoms with van der Waals surface area (Å²) in [6.07, 6.45) is 2.04. The lowest BCUT2D eigenvalue weighted by Crippen LogP contribution is -2.38. The summed E-state index contributed by atoms with van der Waals surface area (Å²) in [5, 5.41) is 8.86. The van der Waals surface area contributed by atoms with E-state index in [-0.39, 0.29) is 0 Å². The number of rotatable bonds is 3. The van der Waals surface area contributed by atoms with E-state index in [1.54, 1.807) is 0 Å². The van der Waals surface area contributed by atoms with Gasteiger partial charge >= 0.3 is 0 Å². The van der Waals surface area contributed by atoms with Crippen LogP contribution in [0.25, 0.3) is 0 Å². The highest BCUT2D eigenvalue weighted by molar-refractivity contribution is 5.01. The largest absolute Gasteiger partial charge is 0.314 e. The number of nitrogens with zero attached hydrogens (tertiary/aromatic N) is 2. The fourth-order valence-electron chi connectivity index (χ4n) is 2.19. The van der Waals surface area contributed by atoms with Crippen LogP contribution in [0.5, 0.6) is 0 Å². The average molecular weight is 223 g/mol. The van der Waals surface area contributed by atoms with Gasteiger partial charge in [-0.15, -0.1) is 0 Å². The number of likely N-dealkylation sites (tertiary alicyclic amines) is 1. The molecule has 1 aliphatic heterocycles. The Balaban J connectivity index is 2.36. The van der Waals surface area contributed by atoms with Crippen molar-refractivity contribution in [2.45, 2.75) is 46.1 Å². The fraction of sp³-hybridized carbons (Fsp3) is 0.923. The van der Waals surface area contributed by atoms with Crippen LogP contribution in [-0.4, -0.2) is 30.1 Å². The molecule has 2 atom stereocenters. The summed E-state index contributed by atoms with van der Waals surface area (Å²) in [4.78, 5) is 2.44. The lowest BCUT2D eigenvalue weighted by molar-refractivity contribution is 0.224. The molecule has 0 aromatic heterocycles. The van der Waals surface area contributed by atoms with Crippen LogP contribution in [0.4, 0.5) is 0 Å². The van der Waals surface area contributed by atoms with Crippen LogP contribution in [0, 0.1) is 22.7 Å². The topological polar surface area (TPSA) is 53.1 Å². The maximum absolute atomic E-state index is 8.86. The van der Waals surface area contributed by atoms with Gasteiger partial charge in [0.2, 0.25) is 0 Å². The molecule has 0 radical (unpaired) electrons. The van der Waals surface area contributed by atoms with E-state index in [4.69, 9.17) is 11.0 Å². The Morgan fingerprint density at radius 1 is 1.38 bits per heavy atom. The van der Waals surface area contributed by atoms with Crippen LogP contribution in [0.3, 0.4) is 0 Å². The molecule has 16 heavy (non-hydrogen) atoms. The van der Waals surface area contributed by atoms with Gasteiger partial charge in [0.1, 0.15) is 5.54 Å². The molecule has 3 heteroatoms. The molecule has 1 aliphatic rings. The van der Waals surface area contributed by atoms with Crippen molar-refractivity contribution in [1.82, 2.24) is 4.90 Å². The van der Waals surface area contributed by atoms with Crippen molar-refractivity contribution in [2.75, 3.05) is 19.6 Å². The molecule has 1 saturated heterocycles. The minimum Gasteiger partial charge on any atom is -0.314 e. The monoisotopic (exact) mass is 223 g/mol. The van der Waals surface area contributed by atoms with Crippen molar-refractivity contribution in [3.8, 4) is 6.07 Å². The third-order valence-electron chi connectivity index (χ3n) is 3.70. The first-order valence-corrected chi connectivity index (χ1v) is 6.17. The van der Waals surface area contributed by atoms with Crippen LogP contribution in [-0.2, 0) is 0 Å². The van der Waals surface area contributed by atoms with Crippen LogP contribution in [0.2, 0.25) is 0 Å². The zero-order chi connectivity index (χ0) is 12.4. The van der Waals surface area contributed by atoms with Gasteiger partial charge in [-0.05, 0) is 37.6 Å². The summed E-state index contributed by atoms with van der Waals surface area (Å²) >= 11 is 0. The van der Waals surface area contributed by atoms with E-state index in [1.165, 1.54) is 6.42 Å². The van der Waals surface area contributed by atoms with Gasteiger partial charge < -0.3 is 10.6 Å². The molecule has 0 spiro atoms. The fourth-order valence-corrected chi connectivity index (χ4v) is 2.19. The van der Waals surface area contributed by atoms with Crippen molar-refractivity contribution in [2.24, 2.45) is 17.1 Å². The van der Waals surface area contributed by atoms with Crippen LogP contribution < -0.4 is 5.73 Å². The molecular formula is C13H25N3. The molecule has 0 aromatic carbocycles. The Bertz CT molecular complexity index is 270. The van der Waals surface area contributed by atoms with E-state index < -0.39 is 5.54 Å². The molecule has 2 N–H and O–H groups in total. The third kappa shape index (κ3) is 3.77. The van der Waals surface area contributed by atoms with E-state index in [0.29, 0.717) is 5.41 Å². The lowest BCUT2D eigenvalue weighted by Gasteiger charge is -2.27. The van der Waals surface area contributed by atoms with E-state index in [2.05, 4.69) is 31.7 Å². The van der Waals surface area contributed by atoms with Crippen LogP contribution in [0.1, 0.15) is 40.5 Å². The SMILES string of the molecule is CC(N)(C#N)CCN1CCC(C(C)(C)C)C1. The van der Waals surface area contributed by atoms with Crippen molar-refractivity contribution in [1.29, 1.82) is 5.26 Å². The summed E-state index contributed by atoms with van der Waals surface area (Å²) in [6, 6.07) is 2.16. The van der Waals surface area contributed by atoms with Crippen molar-refractivity contribution < 1.29 is 0 Å². The van der Waals surface area contributed by atoms with Gasteiger partial charge in [0.05, 0.1) is 6.07 Å². The number of nitriles is 1. The maximum Gasteiger partial charge on any atom is 0.102 e. The first kappa shape index (κ1) is 13.5. The minimum atomic E-state index is -0.667. The van der Waals surface area contributed by atoms with Crippen molar-refractivity contribution in [3.05, 3.63) is 0 Å². The molecule has 0 aliphatic carbocycles. The zero-order valence-corrected chi connectivity index (χ0v) is 11.1. The van der Waals surface area contributed by atoms with Gasteiger partial charge in [0.25, 0.3) is 0 Å². The molecule has 1 fully saturated rings. The summed E-state index contributed by atoms with van der Waals surface area (Å²) in [5.41, 5.74) is 5.56. The summed E-state index contributed by atoms with van der Waals surface area (Å²) in [6.45, 7) is 12.0. The quantitative estimate of drug-likeness (QED) is 0.796. The highest BCUT2D eigenvalue weighted by atomic mass is 15.1. The number of hydrogen-bond acceptors (Lipinski definition) is 3. The second-order valence-electron chi connectivity index (χ2n) is 6.43. The van der Waals surface area contributed by atoms with Crippen molar-refractivity contribution >= 4 is 0 Å². The molecular weight excluding hydrogens is 198 g/mol. The third-order valence-corrected chi connectivity index (χ3v) is 3.70. The Hall–Kier alpha value is -0.590. The highest BCUT2D eigenvalue weighted by Gasteiger charge is 2.32. The summed E-state index contributed by atoms with van der Waals surface area (Å²) in [7, 11) is 0. The maximum atomic E-state index is 8.86. The Kier molecular flexibility index (Phi) is 3.98. The van der Waals surface area contributed by atoms with Crippen LogP contribution >= 0.6 is 0 Å². The first-order valence-electron chi connectivity index (χ1n) is 6.17. The predicted octanol–water partition coefficient (Wildman–Crippen LogP) is 1.99. The van der Waals surface area contributed by atoms with Gasteiger partial charge in [-0.1, -0.05) is 20.8 Å². The number of nitrogens with two attached hydrogens (primary N) is 1. The van der Waals surface area contributed by atoms with Gasteiger partial charge in [-0.2, -0.15) is 5.26 Å². The van der Waals surface area contributed by atoms with Crippen molar-refractivity contribution in [3.63, 3.8) is 0 Å². The summed E-state index contributed by atoms with van der Waals surface area (Å²) < 4.78 is 0. The molecule has 0 amide bonds. The van der Waals surface area contributed by atoms with Crippen LogP contribution in [0.15, 0.2) is 0 Å². The van der Waals surface area contributed by atoms with Gasteiger partial charge in [0, 0.05) is 13.1 Å². The Morgan fingerprint density at radius 2 is 2.00 bits per heavy atom. The predicted molar refractivity (Wildman–Crippen MR) is 66.8 cm³/mol. The Labute approximate surface area is 99.6 Å². The molecule has 0 bridgehead atoms. The molecule has 1 rings (SSSR count). The van der Waals surface area contributed by atoms with Gasteiger partial charge in [0.15, 0.2) is 0 Å². The highest BCUT2D eigenvalue weighted by Crippen LogP contribution is 2.33. The van der Waals surface area contributed by atoms with E-state index in [1.807, 2.05) is 6.92 Å². The van der Waals surface area contributed by atoms with E-state index >= 15 is 0 Å². The molecule has 3 nitrogen and oxygen atoms in total. The standard InChI is InChI=1S/C13H25N3/c1-12(2,3)11-5-7-16(9-11)8-6-13(4,15)10-14/h11H,5-9,15H2,1-4H3. The van der Waals surface area contributed by atoms with E-state index in [0.717, 1.165) is 32.0 Å². The number of hydrogen-bond donors (Lipinski definition) is 1. The lowest BCUT2D eigenvalue weighted by atomic mass is 9.80. The Morgan fingerprint density at radius 3 is 2.44 bits per heavy atom. The smallest absolute Gasteiger partial charge is 0.102 e. The minimum absolute atomic E-state index is 0.399. The van der Waals surface area contributed by atoms with E-state index in [9.17, 15) is 0 Å². The van der Waals surface area contributed by atoms with Gasteiger partial charge in [-0.25, -0.2) is 0 Å². The molecule has 1 heterocycles. The molecule has 2 unspecified atom stereocenters. The second-order valence-corrected chi connectivity index (χ2v) is 6.43. The normalized spacial score (nSPS) is 26.4. The second kappa shape index (κ2) is 4.73. The first-order chi connectivity index (χ1) is 7.24. The average Bonchev–Trinajstić information content (AvgIpc) is 2.63. The molecule has 0 saturated carbocycles. The molecule has 92 valence electrons. The van der Waals surface area contributed by atoms with Gasteiger partial charge in [-0.3, -0.25) is 0 Å².